The number of amides is 1. The monoisotopic (exact) mass is 473 g/mol. The molecule has 1 fully saturated rings. The summed E-state index contributed by atoms with van der Waals surface area (Å²) in [5.41, 5.74) is 1.89. The van der Waals surface area contributed by atoms with Crippen LogP contribution in [0.15, 0.2) is 52.5 Å². The first kappa shape index (κ1) is 21.6. The molecule has 0 saturated carbocycles. The number of hydrogen-bond donors (Lipinski definition) is 1. The molecule has 0 bridgehead atoms. The van der Waals surface area contributed by atoms with E-state index in [2.05, 4.69) is 21.2 Å². The molecule has 2 aromatic rings. The number of cyclic esters (lactones) is 2. The molecule has 0 atom stereocenters. The first-order chi connectivity index (χ1) is 14.1. The van der Waals surface area contributed by atoms with Gasteiger partial charge in [0.25, 0.3) is 11.7 Å². The molecule has 1 aliphatic heterocycles. The molecule has 3 rings (SSSR count). The highest BCUT2D eigenvalue weighted by Gasteiger charge is 2.39. The molecule has 0 aromatic heterocycles. The van der Waals surface area contributed by atoms with E-state index in [1.165, 1.54) is 19.9 Å². The predicted octanol–water partition coefficient (Wildman–Crippen LogP) is 3.99. The van der Waals surface area contributed by atoms with E-state index in [0.717, 1.165) is 5.56 Å². The van der Waals surface area contributed by atoms with Crippen molar-refractivity contribution in [1.82, 2.24) is 0 Å². The van der Waals surface area contributed by atoms with Crippen molar-refractivity contribution in [2.24, 2.45) is 0 Å². The second kappa shape index (κ2) is 8.71. The maximum atomic E-state index is 12.2. The lowest BCUT2D eigenvalue weighted by Crippen LogP contribution is -2.41. The molecule has 2 aromatic carbocycles. The molecule has 1 heterocycles. The first-order valence-corrected chi connectivity index (χ1v) is 9.89. The van der Waals surface area contributed by atoms with Crippen LogP contribution in [0.25, 0.3) is 6.08 Å². The molecule has 1 saturated heterocycles. The van der Waals surface area contributed by atoms with Gasteiger partial charge in [-0.25, -0.2) is 9.59 Å². The van der Waals surface area contributed by atoms with Gasteiger partial charge in [0, 0.05) is 29.6 Å². The normalized spacial score (nSPS) is 15.1. The zero-order valence-electron chi connectivity index (χ0n) is 16.7. The second-order valence-corrected chi connectivity index (χ2v) is 8.04. The summed E-state index contributed by atoms with van der Waals surface area (Å²) in [7, 11) is 0. The van der Waals surface area contributed by atoms with E-state index in [9.17, 15) is 14.4 Å². The molecule has 7 nitrogen and oxygen atoms in total. The Morgan fingerprint density at radius 3 is 2.37 bits per heavy atom. The number of carbonyl (C=O) groups excluding carboxylic acids is 3. The van der Waals surface area contributed by atoms with Crippen molar-refractivity contribution in [3.8, 4) is 5.75 Å². The van der Waals surface area contributed by atoms with Crippen LogP contribution in [-0.4, -0.2) is 30.2 Å². The average molecular weight is 474 g/mol. The van der Waals surface area contributed by atoms with Crippen molar-refractivity contribution >= 4 is 45.5 Å². The van der Waals surface area contributed by atoms with Crippen LogP contribution in [0.3, 0.4) is 0 Å². The van der Waals surface area contributed by atoms with Gasteiger partial charge in [0.2, 0.25) is 0 Å². The van der Waals surface area contributed by atoms with Gasteiger partial charge in [-0.15, -0.1) is 0 Å². The Labute approximate surface area is 182 Å². The van der Waals surface area contributed by atoms with Crippen molar-refractivity contribution in [2.45, 2.75) is 26.6 Å². The summed E-state index contributed by atoms with van der Waals surface area (Å²) in [5, 5.41) is 2.74. The molecule has 156 valence electrons. The van der Waals surface area contributed by atoms with Crippen molar-refractivity contribution in [2.75, 3.05) is 11.9 Å². The van der Waals surface area contributed by atoms with E-state index in [-0.39, 0.29) is 18.1 Å². The first-order valence-electron chi connectivity index (χ1n) is 9.10. The molecule has 1 amide bonds. The van der Waals surface area contributed by atoms with Gasteiger partial charge in [-0.2, -0.15) is 0 Å². The minimum absolute atomic E-state index is 0.256. The zero-order chi connectivity index (χ0) is 21.9. The molecular formula is C22H20BrNO6. The van der Waals surface area contributed by atoms with Crippen LogP contribution in [0.1, 0.15) is 25.0 Å². The van der Waals surface area contributed by atoms with Gasteiger partial charge in [-0.05, 0) is 43.3 Å². The number of aryl methyl sites for hydroxylation is 1. The third-order valence-corrected chi connectivity index (χ3v) is 4.58. The number of carbonyl (C=O) groups is 3. The topological polar surface area (TPSA) is 90.9 Å². The molecule has 0 radical (unpaired) electrons. The van der Waals surface area contributed by atoms with E-state index in [0.29, 0.717) is 21.5 Å². The minimum atomic E-state index is -1.32. The van der Waals surface area contributed by atoms with Gasteiger partial charge in [-0.1, -0.05) is 33.6 Å². The van der Waals surface area contributed by atoms with E-state index in [4.69, 9.17) is 14.2 Å². The van der Waals surface area contributed by atoms with Crippen molar-refractivity contribution in [3.63, 3.8) is 0 Å². The lowest BCUT2D eigenvalue weighted by Gasteiger charge is -2.29. The molecule has 30 heavy (non-hydrogen) atoms. The number of hydrogen-bond acceptors (Lipinski definition) is 6. The van der Waals surface area contributed by atoms with E-state index < -0.39 is 17.7 Å². The van der Waals surface area contributed by atoms with E-state index in [1.54, 1.807) is 30.3 Å². The fourth-order valence-electron chi connectivity index (χ4n) is 2.67. The summed E-state index contributed by atoms with van der Waals surface area (Å²) in [6.07, 6.45) is 1.32. The Bertz CT molecular complexity index is 1000. The highest BCUT2D eigenvalue weighted by atomic mass is 79.9. The number of esters is 2. The lowest BCUT2D eigenvalue weighted by atomic mass is 10.1. The Kier molecular flexibility index (Phi) is 6.26. The van der Waals surface area contributed by atoms with Gasteiger partial charge in [0.05, 0.1) is 0 Å². The van der Waals surface area contributed by atoms with Crippen molar-refractivity contribution in [3.05, 3.63) is 63.6 Å². The smallest absolute Gasteiger partial charge is 0.348 e. The van der Waals surface area contributed by atoms with Crippen LogP contribution in [0.5, 0.6) is 5.75 Å². The number of ether oxygens (including phenoxy) is 3. The summed E-state index contributed by atoms with van der Waals surface area (Å²) in [6.45, 7) is 4.64. The molecule has 0 aliphatic carbocycles. The van der Waals surface area contributed by atoms with Gasteiger partial charge < -0.3 is 19.5 Å². The summed E-state index contributed by atoms with van der Waals surface area (Å²) in [5.74, 6) is -2.94. The Hall–Kier alpha value is -3.13. The fraction of sp³-hybridized carbons (Fsp3) is 0.227. The Morgan fingerprint density at radius 2 is 1.73 bits per heavy atom. The number of rotatable bonds is 5. The Balaban J connectivity index is 1.75. The molecule has 0 spiro atoms. The minimum Gasteiger partial charge on any atom is -0.483 e. The highest BCUT2D eigenvalue weighted by molar-refractivity contribution is 9.10. The van der Waals surface area contributed by atoms with Crippen molar-refractivity contribution in [1.29, 1.82) is 0 Å². The maximum absolute atomic E-state index is 12.2. The van der Waals surface area contributed by atoms with Gasteiger partial charge >= 0.3 is 11.9 Å². The molecule has 1 aliphatic rings. The van der Waals surface area contributed by atoms with Gasteiger partial charge in [0.1, 0.15) is 11.3 Å². The van der Waals surface area contributed by atoms with Crippen LogP contribution in [0.4, 0.5) is 5.69 Å². The Morgan fingerprint density at radius 1 is 1.10 bits per heavy atom. The van der Waals surface area contributed by atoms with Crippen LogP contribution in [0.2, 0.25) is 0 Å². The highest BCUT2D eigenvalue weighted by Crippen LogP contribution is 2.29. The number of nitrogens with one attached hydrogen (secondary N) is 1. The largest absolute Gasteiger partial charge is 0.483 e. The zero-order valence-corrected chi connectivity index (χ0v) is 18.2. The summed E-state index contributed by atoms with van der Waals surface area (Å²) < 4.78 is 16.5. The quantitative estimate of drug-likeness (QED) is 0.401. The number of anilines is 1. The SMILES string of the molecule is Cc1ccc(NC(=O)COc2ccc(Br)cc2C=C2C(=O)OC(C)(C)OC2=O)cc1. The average Bonchev–Trinajstić information content (AvgIpc) is 2.65. The molecule has 8 heteroatoms. The van der Waals surface area contributed by atoms with Crippen LogP contribution < -0.4 is 10.1 Å². The molecule has 0 unspecified atom stereocenters. The van der Waals surface area contributed by atoms with Gasteiger partial charge in [0.15, 0.2) is 6.61 Å². The van der Waals surface area contributed by atoms with E-state index >= 15 is 0 Å². The third kappa shape index (κ3) is 5.48. The summed E-state index contributed by atoms with van der Waals surface area (Å²) in [6, 6.07) is 12.4. The number of halogens is 1. The second-order valence-electron chi connectivity index (χ2n) is 7.12. The third-order valence-electron chi connectivity index (χ3n) is 4.08. The maximum Gasteiger partial charge on any atom is 0.348 e. The predicted molar refractivity (Wildman–Crippen MR) is 114 cm³/mol. The lowest BCUT2D eigenvalue weighted by molar-refractivity contribution is -0.222. The summed E-state index contributed by atoms with van der Waals surface area (Å²) >= 11 is 3.34. The van der Waals surface area contributed by atoms with Gasteiger partial charge in [-0.3, -0.25) is 4.79 Å². The van der Waals surface area contributed by atoms with Crippen molar-refractivity contribution < 1.29 is 28.6 Å². The fourth-order valence-corrected chi connectivity index (χ4v) is 3.05. The van der Waals surface area contributed by atoms with Crippen LogP contribution in [0, 0.1) is 6.92 Å². The standard InChI is InChI=1S/C22H20BrNO6/c1-13-4-7-16(8-5-13)24-19(25)12-28-18-9-6-15(23)10-14(18)11-17-20(26)29-22(2,3)30-21(17)27/h4-11H,12H2,1-3H3,(H,24,25). The molecular weight excluding hydrogens is 454 g/mol. The number of benzene rings is 2. The van der Waals surface area contributed by atoms with Crippen LogP contribution >= 0.6 is 15.9 Å². The van der Waals surface area contributed by atoms with E-state index in [1.807, 2.05) is 19.1 Å². The molecule has 1 N–H and O–H groups in total. The summed E-state index contributed by atoms with van der Waals surface area (Å²) in [4.78, 5) is 36.6. The van der Waals surface area contributed by atoms with Crippen LogP contribution in [-0.2, 0) is 23.9 Å².